The minimum atomic E-state index is 0.0991. The van der Waals surface area contributed by atoms with Gasteiger partial charge in [0.15, 0.2) is 0 Å². The van der Waals surface area contributed by atoms with Gasteiger partial charge in [-0.1, -0.05) is 24.3 Å². The van der Waals surface area contributed by atoms with E-state index in [0.717, 1.165) is 23.7 Å². The summed E-state index contributed by atoms with van der Waals surface area (Å²) in [6.07, 6.45) is 1.91. The lowest BCUT2D eigenvalue weighted by atomic mass is 10.1. The Hall–Kier alpha value is -1.23. The Kier molecular flexibility index (Phi) is 4.25. The summed E-state index contributed by atoms with van der Waals surface area (Å²) in [5.74, 6) is 0. The number of nitrogens with zero attached hydrogens (tertiary/aromatic N) is 1. The van der Waals surface area contributed by atoms with E-state index in [9.17, 15) is 0 Å². The first kappa shape index (κ1) is 12.2. The molecule has 0 aliphatic carbocycles. The quantitative estimate of drug-likeness (QED) is 0.853. The van der Waals surface area contributed by atoms with Gasteiger partial charge in [-0.25, -0.2) is 4.98 Å². The average Bonchev–Trinajstić information content (AvgIpc) is 2.75. The smallest absolute Gasteiger partial charge is 0.0897 e. The lowest BCUT2D eigenvalue weighted by molar-refractivity contribution is 0.281. The molecule has 2 rings (SSSR count). The largest absolute Gasteiger partial charge is 0.392 e. The number of benzene rings is 1. The Morgan fingerprint density at radius 2 is 2.12 bits per heavy atom. The fraction of sp³-hybridized carbons (Fsp3) is 0.308. The molecule has 90 valence electrons. The molecular weight excluding hydrogens is 232 g/mol. The molecule has 17 heavy (non-hydrogen) atoms. The van der Waals surface area contributed by atoms with Gasteiger partial charge in [0.05, 0.1) is 11.6 Å². The van der Waals surface area contributed by atoms with Crippen molar-refractivity contribution in [2.24, 2.45) is 0 Å². The molecule has 0 saturated heterocycles. The van der Waals surface area contributed by atoms with Gasteiger partial charge in [-0.15, -0.1) is 11.3 Å². The Morgan fingerprint density at radius 1 is 1.29 bits per heavy atom. The molecular formula is C13H16N2OS. The summed E-state index contributed by atoms with van der Waals surface area (Å²) < 4.78 is 0. The van der Waals surface area contributed by atoms with Gasteiger partial charge in [0.1, 0.15) is 0 Å². The van der Waals surface area contributed by atoms with Crippen molar-refractivity contribution >= 4 is 11.3 Å². The van der Waals surface area contributed by atoms with E-state index in [1.165, 1.54) is 10.4 Å². The zero-order valence-corrected chi connectivity index (χ0v) is 10.6. The molecule has 1 heterocycles. The van der Waals surface area contributed by atoms with Gasteiger partial charge in [0, 0.05) is 24.2 Å². The van der Waals surface area contributed by atoms with Crippen molar-refractivity contribution in [3.63, 3.8) is 0 Å². The molecule has 0 aliphatic heterocycles. The van der Waals surface area contributed by atoms with Crippen molar-refractivity contribution in [3.8, 4) is 0 Å². The van der Waals surface area contributed by atoms with E-state index < -0.39 is 0 Å². The molecule has 0 radical (unpaired) electrons. The first-order chi connectivity index (χ1) is 8.28. The van der Waals surface area contributed by atoms with Crippen LogP contribution in [0.5, 0.6) is 0 Å². The highest BCUT2D eigenvalue weighted by atomic mass is 32.1. The van der Waals surface area contributed by atoms with Crippen LogP contribution in [-0.4, -0.2) is 10.1 Å². The van der Waals surface area contributed by atoms with Crippen LogP contribution >= 0.6 is 11.3 Å². The highest BCUT2D eigenvalue weighted by molar-refractivity contribution is 7.11. The summed E-state index contributed by atoms with van der Waals surface area (Å²) in [7, 11) is 0. The highest BCUT2D eigenvalue weighted by Crippen LogP contribution is 2.11. The molecule has 2 aromatic rings. The van der Waals surface area contributed by atoms with Gasteiger partial charge in [-0.2, -0.15) is 0 Å². The van der Waals surface area contributed by atoms with Crippen LogP contribution in [0.1, 0.15) is 21.0 Å². The van der Waals surface area contributed by atoms with Gasteiger partial charge in [-0.3, -0.25) is 0 Å². The second kappa shape index (κ2) is 5.91. The van der Waals surface area contributed by atoms with Crippen molar-refractivity contribution < 1.29 is 5.11 Å². The number of aryl methyl sites for hydroxylation is 1. The number of aromatic nitrogens is 1. The standard InChI is InChI=1S/C13H16N2OS/c1-10-15-8-13(17-10)7-14-6-11-3-2-4-12(5-11)9-16/h2-5,8,14,16H,6-7,9H2,1H3. The van der Waals surface area contributed by atoms with E-state index in [4.69, 9.17) is 5.11 Å². The molecule has 1 aromatic heterocycles. The molecule has 0 fully saturated rings. The summed E-state index contributed by atoms with van der Waals surface area (Å²) >= 11 is 1.72. The van der Waals surface area contributed by atoms with Crippen molar-refractivity contribution in [3.05, 3.63) is 51.5 Å². The van der Waals surface area contributed by atoms with Crippen molar-refractivity contribution in [2.75, 3.05) is 0 Å². The molecule has 0 atom stereocenters. The number of aliphatic hydroxyl groups is 1. The van der Waals surface area contributed by atoms with E-state index in [1.807, 2.05) is 31.3 Å². The third-order valence-electron chi connectivity index (χ3n) is 2.47. The molecule has 0 spiro atoms. The maximum absolute atomic E-state index is 9.04. The van der Waals surface area contributed by atoms with Crippen molar-refractivity contribution in [2.45, 2.75) is 26.6 Å². The van der Waals surface area contributed by atoms with Crippen LogP contribution in [0.15, 0.2) is 30.5 Å². The number of aliphatic hydroxyl groups excluding tert-OH is 1. The predicted octanol–water partition coefficient (Wildman–Crippen LogP) is 2.23. The van der Waals surface area contributed by atoms with Crippen molar-refractivity contribution in [1.29, 1.82) is 0 Å². The fourth-order valence-electron chi connectivity index (χ4n) is 1.66. The van der Waals surface area contributed by atoms with E-state index in [1.54, 1.807) is 11.3 Å². The topological polar surface area (TPSA) is 45.2 Å². The number of rotatable bonds is 5. The van der Waals surface area contributed by atoms with Crippen LogP contribution in [-0.2, 0) is 19.7 Å². The summed E-state index contributed by atoms with van der Waals surface area (Å²) in [5, 5.41) is 13.5. The predicted molar refractivity (Wildman–Crippen MR) is 69.8 cm³/mol. The van der Waals surface area contributed by atoms with Crippen LogP contribution in [0.4, 0.5) is 0 Å². The summed E-state index contributed by atoms with van der Waals surface area (Å²) in [6, 6.07) is 7.98. The molecule has 1 aromatic carbocycles. The second-order valence-electron chi connectivity index (χ2n) is 3.93. The Morgan fingerprint density at radius 3 is 2.82 bits per heavy atom. The van der Waals surface area contributed by atoms with Crippen LogP contribution in [0.2, 0.25) is 0 Å². The van der Waals surface area contributed by atoms with Crippen LogP contribution in [0.25, 0.3) is 0 Å². The molecule has 0 saturated carbocycles. The molecule has 2 N–H and O–H groups in total. The maximum Gasteiger partial charge on any atom is 0.0897 e. The van der Waals surface area contributed by atoms with Gasteiger partial charge in [0.25, 0.3) is 0 Å². The molecule has 0 amide bonds. The van der Waals surface area contributed by atoms with Crippen LogP contribution in [0.3, 0.4) is 0 Å². The number of hydrogen-bond acceptors (Lipinski definition) is 4. The second-order valence-corrected chi connectivity index (χ2v) is 5.25. The molecule has 0 bridgehead atoms. The Balaban J connectivity index is 1.85. The minimum absolute atomic E-state index is 0.0991. The third-order valence-corrected chi connectivity index (χ3v) is 3.38. The van der Waals surface area contributed by atoms with E-state index in [0.29, 0.717) is 0 Å². The maximum atomic E-state index is 9.04. The zero-order chi connectivity index (χ0) is 12.1. The van der Waals surface area contributed by atoms with E-state index in [2.05, 4.69) is 16.4 Å². The number of nitrogens with one attached hydrogen (secondary N) is 1. The number of hydrogen-bond donors (Lipinski definition) is 2. The molecule has 0 aliphatic rings. The zero-order valence-electron chi connectivity index (χ0n) is 9.81. The normalized spacial score (nSPS) is 10.7. The summed E-state index contributed by atoms with van der Waals surface area (Å²) in [5.41, 5.74) is 2.15. The lowest BCUT2D eigenvalue weighted by Gasteiger charge is -2.04. The SMILES string of the molecule is Cc1ncc(CNCc2cccc(CO)c2)s1. The monoisotopic (exact) mass is 248 g/mol. The van der Waals surface area contributed by atoms with Gasteiger partial charge in [-0.05, 0) is 18.1 Å². The van der Waals surface area contributed by atoms with Gasteiger partial charge in [0.2, 0.25) is 0 Å². The molecule has 3 nitrogen and oxygen atoms in total. The fourth-order valence-corrected chi connectivity index (χ4v) is 2.42. The first-order valence-electron chi connectivity index (χ1n) is 5.58. The van der Waals surface area contributed by atoms with Gasteiger partial charge >= 0.3 is 0 Å². The lowest BCUT2D eigenvalue weighted by Crippen LogP contribution is -2.11. The highest BCUT2D eigenvalue weighted by Gasteiger charge is 1.98. The summed E-state index contributed by atoms with van der Waals surface area (Å²) in [4.78, 5) is 5.47. The van der Waals surface area contributed by atoms with E-state index >= 15 is 0 Å². The summed E-state index contributed by atoms with van der Waals surface area (Å²) in [6.45, 7) is 3.76. The van der Waals surface area contributed by atoms with Gasteiger partial charge < -0.3 is 10.4 Å². The van der Waals surface area contributed by atoms with Crippen LogP contribution < -0.4 is 5.32 Å². The molecule has 0 unspecified atom stereocenters. The van der Waals surface area contributed by atoms with E-state index in [-0.39, 0.29) is 6.61 Å². The Bertz CT molecular complexity index is 482. The van der Waals surface area contributed by atoms with Crippen molar-refractivity contribution in [1.82, 2.24) is 10.3 Å². The Labute approximate surface area is 105 Å². The average molecular weight is 248 g/mol. The first-order valence-corrected chi connectivity index (χ1v) is 6.40. The third kappa shape index (κ3) is 3.63. The number of thiazole rings is 1. The molecule has 4 heteroatoms. The minimum Gasteiger partial charge on any atom is -0.392 e. The van der Waals surface area contributed by atoms with Crippen LogP contribution in [0, 0.1) is 6.92 Å².